The molecule has 2 aliphatic rings. The van der Waals surface area contributed by atoms with Gasteiger partial charge in [-0.1, -0.05) is 104 Å². The lowest BCUT2D eigenvalue weighted by Crippen LogP contribution is -2.38. The molecule has 2 heterocycles. The van der Waals surface area contributed by atoms with Crippen molar-refractivity contribution in [1.29, 1.82) is 0 Å². The van der Waals surface area contributed by atoms with E-state index in [0.717, 1.165) is 45.6 Å². The van der Waals surface area contributed by atoms with E-state index < -0.39 is 0 Å². The van der Waals surface area contributed by atoms with Crippen molar-refractivity contribution in [3.05, 3.63) is 131 Å². The smallest absolute Gasteiger partial charge is 0.271 e. The van der Waals surface area contributed by atoms with Crippen molar-refractivity contribution in [1.82, 2.24) is 4.57 Å². The number of allylic oxidation sites excluding steroid dienone is 1. The van der Waals surface area contributed by atoms with E-state index >= 15 is 0 Å². The normalized spacial score (nSPS) is 17.1. The second kappa shape index (κ2) is 8.78. The molecule has 0 radical (unpaired) electrons. The third-order valence-corrected chi connectivity index (χ3v) is 8.30. The van der Waals surface area contributed by atoms with Gasteiger partial charge in [-0.2, -0.15) is 0 Å². The van der Waals surface area contributed by atoms with E-state index in [1.807, 2.05) is 34.9 Å². The van der Waals surface area contributed by atoms with Crippen LogP contribution in [0.5, 0.6) is 0 Å². The van der Waals surface area contributed by atoms with Gasteiger partial charge in [-0.05, 0) is 58.7 Å². The highest BCUT2D eigenvalue weighted by Gasteiger charge is 2.33. The van der Waals surface area contributed by atoms with Crippen LogP contribution in [0.4, 0.5) is 0 Å². The Morgan fingerprint density at radius 3 is 2.51 bits per heavy atom. The van der Waals surface area contributed by atoms with Crippen molar-refractivity contribution < 1.29 is 0 Å². The average molecular weight is 497 g/mol. The standard InChI is InChI=1S/C30H25ClN2OS/c1-18(2)20-13-11-19(12-14-20)17-26-29(34)33-28(23-9-5-6-10-25(23)31)24-16-15-21-7-3-4-8-22(21)27(24)32-30(33)35-26/h3-14,17-18,28H,15-16H2,1-2H3. The Balaban J connectivity index is 1.59. The van der Waals surface area contributed by atoms with Crippen LogP contribution >= 0.6 is 22.9 Å². The number of hydrogen-bond donors (Lipinski definition) is 0. The van der Waals surface area contributed by atoms with Crippen LogP contribution in [0.1, 0.15) is 60.0 Å². The van der Waals surface area contributed by atoms with E-state index in [2.05, 4.69) is 62.4 Å². The van der Waals surface area contributed by atoms with Gasteiger partial charge in [-0.25, -0.2) is 4.99 Å². The highest BCUT2D eigenvalue weighted by molar-refractivity contribution is 7.07. The molecule has 0 saturated carbocycles. The van der Waals surface area contributed by atoms with Crippen molar-refractivity contribution in [3.63, 3.8) is 0 Å². The molecule has 0 N–H and O–H groups in total. The van der Waals surface area contributed by atoms with Crippen molar-refractivity contribution in [2.24, 2.45) is 4.99 Å². The van der Waals surface area contributed by atoms with Crippen molar-refractivity contribution in [2.75, 3.05) is 0 Å². The first-order chi connectivity index (χ1) is 17.0. The van der Waals surface area contributed by atoms with E-state index in [9.17, 15) is 4.79 Å². The van der Waals surface area contributed by atoms with Gasteiger partial charge in [0.05, 0.1) is 16.3 Å². The van der Waals surface area contributed by atoms with E-state index in [-0.39, 0.29) is 11.6 Å². The Labute approximate surface area is 213 Å². The van der Waals surface area contributed by atoms with Crippen LogP contribution in [0.2, 0.25) is 5.02 Å². The quantitative estimate of drug-likeness (QED) is 0.337. The van der Waals surface area contributed by atoms with E-state index in [1.165, 1.54) is 22.5 Å². The third kappa shape index (κ3) is 3.81. The zero-order valence-electron chi connectivity index (χ0n) is 19.7. The molecule has 5 heteroatoms. The van der Waals surface area contributed by atoms with Gasteiger partial charge in [0.2, 0.25) is 0 Å². The van der Waals surface area contributed by atoms with Crippen LogP contribution < -0.4 is 14.9 Å². The number of thiazole rings is 1. The zero-order chi connectivity index (χ0) is 24.1. The number of halogens is 1. The molecule has 0 amide bonds. The van der Waals surface area contributed by atoms with Crippen LogP contribution in [-0.2, 0) is 6.42 Å². The van der Waals surface area contributed by atoms with Gasteiger partial charge in [0.1, 0.15) is 0 Å². The van der Waals surface area contributed by atoms with Gasteiger partial charge in [-0.3, -0.25) is 9.36 Å². The Kier molecular flexibility index (Phi) is 5.58. The first-order valence-electron chi connectivity index (χ1n) is 12.0. The molecule has 1 aliphatic heterocycles. The number of fused-ring (bicyclic) bond motifs is 3. The number of aryl methyl sites for hydroxylation is 1. The number of benzene rings is 3. The van der Waals surface area contributed by atoms with Crippen molar-refractivity contribution in [2.45, 2.75) is 38.6 Å². The summed E-state index contributed by atoms with van der Waals surface area (Å²) < 4.78 is 2.54. The minimum absolute atomic E-state index is 0.0167. The first kappa shape index (κ1) is 22.3. The molecule has 6 rings (SSSR count). The second-order valence-electron chi connectivity index (χ2n) is 9.46. The Morgan fingerprint density at radius 1 is 1.00 bits per heavy atom. The molecule has 0 fully saturated rings. The highest BCUT2D eigenvalue weighted by Crippen LogP contribution is 2.42. The largest absolute Gasteiger partial charge is 0.272 e. The predicted molar refractivity (Wildman–Crippen MR) is 145 cm³/mol. The summed E-state index contributed by atoms with van der Waals surface area (Å²) in [5.74, 6) is 0.471. The Hall–Kier alpha value is -3.21. The van der Waals surface area contributed by atoms with Gasteiger partial charge < -0.3 is 0 Å². The van der Waals surface area contributed by atoms with Gasteiger partial charge in [0.25, 0.3) is 5.56 Å². The van der Waals surface area contributed by atoms with E-state index in [0.29, 0.717) is 15.5 Å². The maximum atomic E-state index is 13.8. The molecular weight excluding hydrogens is 472 g/mol. The van der Waals surface area contributed by atoms with Gasteiger partial charge >= 0.3 is 0 Å². The van der Waals surface area contributed by atoms with Gasteiger partial charge in [-0.15, -0.1) is 0 Å². The lowest BCUT2D eigenvalue weighted by molar-refractivity contribution is 0.585. The van der Waals surface area contributed by atoms with Crippen molar-refractivity contribution >= 4 is 34.7 Å². The molecule has 0 spiro atoms. The third-order valence-electron chi connectivity index (χ3n) is 6.97. The van der Waals surface area contributed by atoms with Gasteiger partial charge in [0, 0.05) is 10.6 Å². The monoisotopic (exact) mass is 496 g/mol. The van der Waals surface area contributed by atoms with Crippen LogP contribution in [0.3, 0.4) is 0 Å². The summed E-state index contributed by atoms with van der Waals surface area (Å²) >= 11 is 8.16. The lowest BCUT2D eigenvalue weighted by Gasteiger charge is -2.31. The summed E-state index contributed by atoms with van der Waals surface area (Å²) in [6, 6.07) is 24.5. The van der Waals surface area contributed by atoms with Crippen LogP contribution in [-0.4, -0.2) is 4.57 Å². The zero-order valence-corrected chi connectivity index (χ0v) is 21.2. The SMILES string of the molecule is CC(C)c1ccc(C=c2sc3n(c2=O)C(c2ccccc2Cl)C2=C(N=3)c3ccccc3CC2)cc1. The summed E-state index contributed by atoms with van der Waals surface area (Å²) in [6.07, 6.45) is 3.76. The number of aromatic nitrogens is 1. The van der Waals surface area contributed by atoms with Crippen LogP contribution in [0, 0.1) is 0 Å². The summed E-state index contributed by atoms with van der Waals surface area (Å²) in [5, 5.41) is 0.670. The second-order valence-corrected chi connectivity index (χ2v) is 10.9. The molecule has 1 aromatic heterocycles. The molecular formula is C30H25ClN2OS. The van der Waals surface area contributed by atoms with Crippen molar-refractivity contribution in [3.8, 4) is 0 Å². The fourth-order valence-corrected chi connectivity index (χ4v) is 6.36. The minimum Gasteiger partial charge on any atom is -0.272 e. The van der Waals surface area contributed by atoms with Crippen LogP contribution in [0.25, 0.3) is 11.8 Å². The molecule has 1 unspecified atom stereocenters. The molecule has 0 bridgehead atoms. The molecule has 0 saturated heterocycles. The number of hydrogen-bond acceptors (Lipinski definition) is 3. The molecule has 35 heavy (non-hydrogen) atoms. The van der Waals surface area contributed by atoms with Gasteiger partial charge in [0.15, 0.2) is 4.80 Å². The van der Waals surface area contributed by atoms with E-state index in [4.69, 9.17) is 16.6 Å². The molecule has 174 valence electrons. The predicted octanol–water partition coefficient (Wildman–Crippen LogP) is 6.10. The first-order valence-corrected chi connectivity index (χ1v) is 13.2. The Morgan fingerprint density at radius 2 is 1.74 bits per heavy atom. The number of rotatable bonds is 3. The fraction of sp³-hybridized carbons (Fsp3) is 0.200. The molecule has 4 aromatic rings. The summed E-state index contributed by atoms with van der Waals surface area (Å²) in [4.78, 5) is 19.6. The van der Waals surface area contributed by atoms with E-state index in [1.54, 1.807) is 0 Å². The topological polar surface area (TPSA) is 34.4 Å². The maximum Gasteiger partial charge on any atom is 0.271 e. The molecule has 3 aromatic carbocycles. The summed E-state index contributed by atoms with van der Waals surface area (Å²) in [6.45, 7) is 4.36. The molecule has 3 nitrogen and oxygen atoms in total. The average Bonchev–Trinajstić information content (AvgIpc) is 3.18. The highest BCUT2D eigenvalue weighted by atomic mass is 35.5. The Bertz CT molecular complexity index is 1660. The van der Waals surface area contributed by atoms with Crippen LogP contribution in [0.15, 0.2) is 88.2 Å². The molecule has 1 atom stereocenters. The number of nitrogens with zero attached hydrogens (tertiary/aromatic N) is 2. The minimum atomic E-state index is -0.256. The fourth-order valence-electron chi connectivity index (χ4n) is 5.12. The summed E-state index contributed by atoms with van der Waals surface area (Å²) in [5.41, 5.74) is 7.85. The lowest BCUT2D eigenvalue weighted by atomic mass is 9.83. The summed E-state index contributed by atoms with van der Waals surface area (Å²) in [7, 11) is 0. The molecule has 1 aliphatic carbocycles. The maximum absolute atomic E-state index is 13.8.